The molecule has 36 heavy (non-hydrogen) atoms. The summed E-state index contributed by atoms with van der Waals surface area (Å²) in [6, 6.07) is 8.94. The Morgan fingerprint density at radius 2 is 1.89 bits per heavy atom. The fourth-order valence-electron chi connectivity index (χ4n) is 5.26. The zero-order valence-electron chi connectivity index (χ0n) is 23.4. The van der Waals surface area contributed by atoms with E-state index < -0.39 is 0 Å². The third-order valence-corrected chi connectivity index (χ3v) is 7.68. The third-order valence-electron chi connectivity index (χ3n) is 7.68. The highest BCUT2D eigenvalue weighted by Gasteiger charge is 2.24. The van der Waals surface area contributed by atoms with Crippen LogP contribution in [0.2, 0.25) is 0 Å². The SMILES string of the molecule is C=C(NCCCN(CC)C(/C=C\C)=C/C)C1CCN(CC2=C(C)CC(c3ccc(CC)cc3)=N2)CC1. The van der Waals surface area contributed by atoms with E-state index in [9.17, 15) is 0 Å². The lowest BCUT2D eigenvalue weighted by molar-refractivity contribution is 0.209. The van der Waals surface area contributed by atoms with Crippen LogP contribution in [0.25, 0.3) is 0 Å². The fourth-order valence-corrected chi connectivity index (χ4v) is 5.26. The molecule has 3 rings (SSSR count). The average Bonchev–Trinajstić information content (AvgIpc) is 3.27. The smallest absolute Gasteiger partial charge is 0.0540 e. The summed E-state index contributed by atoms with van der Waals surface area (Å²) in [6.45, 7) is 21.6. The summed E-state index contributed by atoms with van der Waals surface area (Å²) >= 11 is 0. The van der Waals surface area contributed by atoms with E-state index in [0.717, 1.165) is 58.5 Å². The highest BCUT2D eigenvalue weighted by molar-refractivity contribution is 6.04. The minimum Gasteiger partial charge on any atom is -0.389 e. The Morgan fingerprint density at radius 1 is 1.17 bits per heavy atom. The van der Waals surface area contributed by atoms with E-state index >= 15 is 0 Å². The Labute approximate surface area is 220 Å². The first-order valence-electron chi connectivity index (χ1n) is 14.0. The predicted octanol–water partition coefficient (Wildman–Crippen LogP) is 6.72. The van der Waals surface area contributed by atoms with Crippen LogP contribution in [0.5, 0.6) is 0 Å². The molecule has 0 bridgehead atoms. The first-order valence-corrected chi connectivity index (χ1v) is 14.0. The maximum Gasteiger partial charge on any atom is 0.0540 e. The Kier molecular flexibility index (Phi) is 11.1. The molecule has 2 aliphatic rings. The van der Waals surface area contributed by atoms with E-state index in [1.165, 1.54) is 52.3 Å². The summed E-state index contributed by atoms with van der Waals surface area (Å²) in [4.78, 5) is 10.1. The second kappa shape index (κ2) is 14.2. The largest absolute Gasteiger partial charge is 0.389 e. The van der Waals surface area contributed by atoms with Crippen LogP contribution in [-0.2, 0) is 6.42 Å². The van der Waals surface area contributed by atoms with Gasteiger partial charge in [-0.2, -0.15) is 0 Å². The molecule has 0 saturated carbocycles. The van der Waals surface area contributed by atoms with Gasteiger partial charge in [-0.05, 0) is 89.2 Å². The quantitative estimate of drug-likeness (QED) is 0.247. The number of hydrogen-bond acceptors (Lipinski definition) is 4. The standard InChI is InChI=1S/C32H48N4/c1-7-12-30(9-3)36(10-4)20-11-19-33-26(6)28-17-21-35(22-18-28)24-32-25(5)23-31(34-32)29-15-13-27(8-2)14-16-29/h7,9,12-16,28,33H,6,8,10-11,17-24H2,1-5H3/b12-7-,30-9+. The number of hydrogen-bond donors (Lipinski definition) is 1. The van der Waals surface area contributed by atoms with E-state index in [-0.39, 0.29) is 0 Å². The minimum atomic E-state index is 0.576. The van der Waals surface area contributed by atoms with Gasteiger partial charge in [0.1, 0.15) is 0 Å². The molecule has 1 aromatic rings. The van der Waals surface area contributed by atoms with Crippen molar-refractivity contribution in [1.82, 2.24) is 15.1 Å². The van der Waals surface area contributed by atoms with E-state index in [1.54, 1.807) is 0 Å². The van der Waals surface area contributed by atoms with Crippen molar-refractivity contribution < 1.29 is 0 Å². The zero-order valence-corrected chi connectivity index (χ0v) is 23.4. The first kappa shape index (κ1) is 28.0. The van der Waals surface area contributed by atoms with Gasteiger partial charge in [0.2, 0.25) is 0 Å². The Balaban J connectivity index is 1.40. The van der Waals surface area contributed by atoms with Crippen LogP contribution in [0, 0.1) is 5.92 Å². The molecule has 196 valence electrons. The molecule has 4 nitrogen and oxygen atoms in total. The van der Waals surface area contributed by atoms with Gasteiger partial charge in [-0.1, -0.05) is 49.9 Å². The molecule has 0 atom stereocenters. The van der Waals surface area contributed by atoms with Crippen molar-refractivity contribution in [3.8, 4) is 0 Å². The van der Waals surface area contributed by atoms with E-state index in [1.807, 2.05) is 0 Å². The summed E-state index contributed by atoms with van der Waals surface area (Å²) in [5.74, 6) is 0.576. The number of rotatable bonds is 13. The van der Waals surface area contributed by atoms with Crippen molar-refractivity contribution in [1.29, 1.82) is 0 Å². The normalized spacial score (nSPS) is 17.7. The van der Waals surface area contributed by atoms with Gasteiger partial charge in [0.25, 0.3) is 0 Å². The lowest BCUT2D eigenvalue weighted by Gasteiger charge is -2.33. The third kappa shape index (κ3) is 7.70. The number of aryl methyl sites for hydroxylation is 1. The van der Waals surface area contributed by atoms with Crippen LogP contribution < -0.4 is 5.32 Å². The number of aliphatic imine (C=N–C) groups is 1. The summed E-state index contributed by atoms with van der Waals surface area (Å²) in [6.07, 6.45) is 12.1. The van der Waals surface area contributed by atoms with Crippen LogP contribution in [0.15, 0.2) is 76.7 Å². The number of allylic oxidation sites excluding steroid dienone is 5. The molecule has 0 aliphatic carbocycles. The molecular formula is C32H48N4. The highest BCUT2D eigenvalue weighted by atomic mass is 15.1. The highest BCUT2D eigenvalue weighted by Crippen LogP contribution is 2.27. The summed E-state index contributed by atoms with van der Waals surface area (Å²) < 4.78 is 0. The molecule has 1 N–H and O–H groups in total. The van der Waals surface area contributed by atoms with Gasteiger partial charge in [0.15, 0.2) is 0 Å². The second-order valence-corrected chi connectivity index (χ2v) is 10.2. The number of nitrogens with one attached hydrogen (secondary N) is 1. The zero-order chi connectivity index (χ0) is 25.9. The average molecular weight is 489 g/mol. The van der Waals surface area contributed by atoms with Crippen LogP contribution in [0.1, 0.15) is 71.4 Å². The van der Waals surface area contributed by atoms with Gasteiger partial charge in [-0.25, -0.2) is 0 Å². The molecule has 1 aromatic carbocycles. The van der Waals surface area contributed by atoms with Gasteiger partial charge >= 0.3 is 0 Å². The molecular weight excluding hydrogens is 440 g/mol. The van der Waals surface area contributed by atoms with Crippen molar-refractivity contribution in [3.63, 3.8) is 0 Å². The van der Waals surface area contributed by atoms with Crippen molar-refractivity contribution in [2.24, 2.45) is 10.9 Å². The van der Waals surface area contributed by atoms with Crippen molar-refractivity contribution in [2.45, 2.75) is 66.7 Å². The Morgan fingerprint density at radius 3 is 2.50 bits per heavy atom. The summed E-state index contributed by atoms with van der Waals surface area (Å²) in [7, 11) is 0. The molecule has 1 fully saturated rings. The molecule has 2 heterocycles. The topological polar surface area (TPSA) is 30.9 Å². The number of likely N-dealkylation sites (N-methyl/N-ethyl adjacent to an activating group) is 1. The maximum absolute atomic E-state index is 5.06. The summed E-state index contributed by atoms with van der Waals surface area (Å²) in [5, 5.41) is 3.64. The van der Waals surface area contributed by atoms with Crippen molar-refractivity contribution in [3.05, 3.63) is 82.9 Å². The minimum absolute atomic E-state index is 0.576. The predicted molar refractivity (Wildman–Crippen MR) is 156 cm³/mol. The molecule has 2 aliphatic heterocycles. The van der Waals surface area contributed by atoms with Gasteiger partial charge in [0.05, 0.1) is 11.4 Å². The van der Waals surface area contributed by atoms with E-state index in [0.29, 0.717) is 5.92 Å². The lowest BCUT2D eigenvalue weighted by atomic mass is 9.93. The number of benzene rings is 1. The van der Waals surface area contributed by atoms with Crippen LogP contribution in [0.3, 0.4) is 0 Å². The molecule has 0 aromatic heterocycles. The Hall–Kier alpha value is -2.59. The fraction of sp³-hybridized carbons (Fsp3) is 0.531. The Bertz CT molecular complexity index is 972. The van der Waals surface area contributed by atoms with Crippen LogP contribution >= 0.6 is 0 Å². The maximum atomic E-state index is 5.06. The molecule has 4 heteroatoms. The molecule has 0 spiro atoms. The van der Waals surface area contributed by atoms with E-state index in [4.69, 9.17) is 4.99 Å². The second-order valence-electron chi connectivity index (χ2n) is 10.2. The molecule has 0 unspecified atom stereocenters. The van der Waals surface area contributed by atoms with Gasteiger partial charge in [0, 0.05) is 49.9 Å². The monoisotopic (exact) mass is 488 g/mol. The number of nitrogens with zero attached hydrogens (tertiary/aromatic N) is 3. The summed E-state index contributed by atoms with van der Waals surface area (Å²) in [5.41, 5.74) is 9.12. The van der Waals surface area contributed by atoms with E-state index in [2.05, 4.69) is 98.8 Å². The van der Waals surface area contributed by atoms with Gasteiger partial charge in [-0.3, -0.25) is 9.89 Å². The molecule has 0 radical (unpaired) electrons. The lowest BCUT2D eigenvalue weighted by Crippen LogP contribution is -2.37. The molecule has 1 saturated heterocycles. The van der Waals surface area contributed by atoms with Crippen molar-refractivity contribution in [2.75, 3.05) is 39.3 Å². The van der Waals surface area contributed by atoms with Gasteiger partial charge in [-0.15, -0.1) is 0 Å². The molecule has 0 amide bonds. The van der Waals surface area contributed by atoms with Gasteiger partial charge < -0.3 is 10.2 Å². The van der Waals surface area contributed by atoms with Crippen LogP contribution in [0.4, 0.5) is 0 Å². The number of piperidine rings is 1. The van der Waals surface area contributed by atoms with Crippen molar-refractivity contribution >= 4 is 5.71 Å². The first-order chi connectivity index (χ1) is 17.5. The van der Waals surface area contributed by atoms with Crippen LogP contribution in [-0.4, -0.2) is 54.8 Å². The number of likely N-dealkylation sites (tertiary alicyclic amines) is 1.